The molecule has 1 atom stereocenters. The summed E-state index contributed by atoms with van der Waals surface area (Å²) in [5.74, 6) is 0.321. The van der Waals surface area contributed by atoms with Crippen LogP contribution < -0.4 is 15.4 Å². The van der Waals surface area contributed by atoms with E-state index in [-0.39, 0.29) is 10.6 Å². The van der Waals surface area contributed by atoms with Crippen LogP contribution in [0.25, 0.3) is 0 Å². The lowest BCUT2D eigenvalue weighted by atomic mass is 10.1. The maximum Gasteiger partial charge on any atom is 0.333 e. The van der Waals surface area contributed by atoms with E-state index in [4.69, 9.17) is 4.74 Å². The Bertz CT molecular complexity index is 459. The molecule has 20 heavy (non-hydrogen) atoms. The van der Waals surface area contributed by atoms with E-state index in [1.54, 1.807) is 18.2 Å². The smallest absolute Gasteiger partial charge is 0.333 e. The second-order valence-electron chi connectivity index (χ2n) is 4.85. The fourth-order valence-corrected chi connectivity index (χ4v) is 2.51. The molecule has 0 aromatic heterocycles. The zero-order valence-corrected chi connectivity index (χ0v) is 11.7. The Morgan fingerprint density at radius 1 is 1.55 bits per heavy atom. The number of hydrogen-bond donors (Lipinski definition) is 2. The van der Waals surface area contributed by atoms with Gasteiger partial charge in [-0.15, -0.1) is 0 Å². The first kappa shape index (κ1) is 14.6. The summed E-state index contributed by atoms with van der Waals surface area (Å²) in [6, 6.07) is 5.65. The van der Waals surface area contributed by atoms with E-state index in [0.29, 0.717) is 30.6 Å². The summed E-state index contributed by atoms with van der Waals surface area (Å²) in [5, 5.41) is 17.8. The molecule has 6 heteroatoms. The first-order chi connectivity index (χ1) is 9.72. The van der Waals surface area contributed by atoms with Gasteiger partial charge in [-0.05, 0) is 44.9 Å². The van der Waals surface area contributed by atoms with Crippen molar-refractivity contribution in [1.82, 2.24) is 5.32 Å². The van der Waals surface area contributed by atoms with E-state index in [2.05, 4.69) is 10.6 Å². The highest BCUT2D eigenvalue weighted by atomic mass is 16.6. The third-order valence-corrected chi connectivity index (χ3v) is 3.45. The number of hydrogen-bond acceptors (Lipinski definition) is 5. The van der Waals surface area contributed by atoms with Gasteiger partial charge in [0.05, 0.1) is 11.5 Å². The van der Waals surface area contributed by atoms with Gasteiger partial charge in [0.1, 0.15) is 5.69 Å². The Morgan fingerprint density at radius 3 is 3.05 bits per heavy atom. The molecule has 1 unspecified atom stereocenters. The van der Waals surface area contributed by atoms with Gasteiger partial charge in [-0.25, -0.2) is 0 Å². The van der Waals surface area contributed by atoms with E-state index in [9.17, 15) is 10.1 Å². The minimum atomic E-state index is -0.388. The van der Waals surface area contributed by atoms with Gasteiger partial charge >= 0.3 is 5.69 Å². The molecule has 1 saturated heterocycles. The van der Waals surface area contributed by atoms with Gasteiger partial charge in [-0.3, -0.25) is 10.1 Å². The number of nitro benzene ring substituents is 1. The molecule has 1 aromatic carbocycles. The topological polar surface area (TPSA) is 76.4 Å². The molecule has 1 fully saturated rings. The van der Waals surface area contributed by atoms with Crippen LogP contribution in [0.3, 0.4) is 0 Å². The molecule has 1 aromatic rings. The van der Waals surface area contributed by atoms with E-state index in [1.165, 1.54) is 12.8 Å². The summed E-state index contributed by atoms with van der Waals surface area (Å²) in [6.45, 7) is 4.02. The van der Waals surface area contributed by atoms with Crippen LogP contribution >= 0.6 is 0 Å². The van der Waals surface area contributed by atoms with Crippen LogP contribution in [-0.4, -0.2) is 30.7 Å². The molecule has 1 aliphatic rings. The summed E-state index contributed by atoms with van der Waals surface area (Å²) >= 11 is 0. The second kappa shape index (κ2) is 7.09. The van der Waals surface area contributed by atoms with Crippen LogP contribution in [0.4, 0.5) is 11.4 Å². The average molecular weight is 279 g/mol. The molecule has 110 valence electrons. The van der Waals surface area contributed by atoms with Crippen molar-refractivity contribution >= 4 is 11.4 Å². The predicted octanol–water partition coefficient (Wildman–Crippen LogP) is 2.55. The Hall–Kier alpha value is -1.82. The van der Waals surface area contributed by atoms with Gasteiger partial charge in [0.25, 0.3) is 0 Å². The minimum Gasteiger partial charge on any atom is -0.487 e. The number of rotatable bonds is 7. The monoisotopic (exact) mass is 279 g/mol. The highest BCUT2D eigenvalue weighted by molar-refractivity contribution is 5.68. The van der Waals surface area contributed by atoms with Crippen LogP contribution in [0, 0.1) is 10.1 Å². The molecule has 0 aliphatic carbocycles. The van der Waals surface area contributed by atoms with Crippen molar-refractivity contribution in [2.45, 2.75) is 32.2 Å². The highest BCUT2D eigenvalue weighted by Gasteiger charge is 2.21. The fourth-order valence-electron chi connectivity index (χ4n) is 2.51. The molecule has 2 N–H and O–H groups in total. The van der Waals surface area contributed by atoms with E-state index < -0.39 is 0 Å². The van der Waals surface area contributed by atoms with E-state index >= 15 is 0 Å². The molecule has 0 amide bonds. The number of ether oxygens (including phenoxy) is 1. The number of benzene rings is 1. The SMILES string of the molecule is CCOc1cccc(NCCC2CCCN2)c1[N+](=O)[O-]. The third kappa shape index (κ3) is 3.60. The van der Waals surface area contributed by atoms with Crippen molar-refractivity contribution in [3.63, 3.8) is 0 Å². The highest BCUT2D eigenvalue weighted by Crippen LogP contribution is 2.34. The fraction of sp³-hybridized carbons (Fsp3) is 0.571. The predicted molar refractivity (Wildman–Crippen MR) is 78.4 cm³/mol. The standard InChI is InChI=1S/C14H21N3O3/c1-2-20-13-7-3-6-12(14(13)17(18)19)16-10-8-11-5-4-9-15-11/h3,6-7,11,15-16H,2,4-5,8-10H2,1H3. The van der Waals surface area contributed by atoms with Gasteiger partial charge in [-0.2, -0.15) is 0 Å². The second-order valence-corrected chi connectivity index (χ2v) is 4.85. The van der Waals surface area contributed by atoms with Crippen molar-refractivity contribution in [3.8, 4) is 5.75 Å². The maximum absolute atomic E-state index is 11.2. The Morgan fingerprint density at radius 2 is 2.40 bits per heavy atom. The average Bonchev–Trinajstić information content (AvgIpc) is 2.92. The Labute approximate surface area is 118 Å². The van der Waals surface area contributed by atoms with Crippen LogP contribution in [0.2, 0.25) is 0 Å². The summed E-state index contributed by atoms with van der Waals surface area (Å²) in [4.78, 5) is 10.8. The lowest BCUT2D eigenvalue weighted by Gasteiger charge is -2.13. The van der Waals surface area contributed by atoms with Crippen LogP contribution in [0.5, 0.6) is 5.75 Å². The first-order valence-corrected chi connectivity index (χ1v) is 7.09. The quantitative estimate of drug-likeness (QED) is 0.592. The first-order valence-electron chi connectivity index (χ1n) is 7.09. The number of nitrogens with zero attached hydrogens (tertiary/aromatic N) is 1. The molecule has 0 radical (unpaired) electrons. The normalized spacial score (nSPS) is 17.9. The number of nitro groups is 1. The molecular weight excluding hydrogens is 258 g/mol. The Balaban J connectivity index is 2.01. The zero-order valence-electron chi connectivity index (χ0n) is 11.7. The summed E-state index contributed by atoms with van der Waals surface area (Å²) in [5.41, 5.74) is 0.549. The van der Waals surface area contributed by atoms with E-state index in [1.807, 2.05) is 6.92 Å². The van der Waals surface area contributed by atoms with E-state index in [0.717, 1.165) is 13.0 Å². The van der Waals surface area contributed by atoms with Crippen LogP contribution in [-0.2, 0) is 0 Å². The molecule has 6 nitrogen and oxygen atoms in total. The number of anilines is 1. The number of para-hydroxylation sites is 1. The molecular formula is C14H21N3O3. The summed E-state index contributed by atoms with van der Waals surface area (Å²) in [6.07, 6.45) is 3.36. The van der Waals surface area contributed by atoms with Gasteiger partial charge < -0.3 is 15.4 Å². The minimum absolute atomic E-state index is 0.0220. The van der Waals surface area contributed by atoms with Crippen molar-refractivity contribution in [1.29, 1.82) is 0 Å². The van der Waals surface area contributed by atoms with Crippen molar-refractivity contribution in [2.24, 2.45) is 0 Å². The molecule has 2 rings (SSSR count). The largest absolute Gasteiger partial charge is 0.487 e. The van der Waals surface area contributed by atoms with Crippen LogP contribution in [0.15, 0.2) is 18.2 Å². The summed E-state index contributed by atoms with van der Waals surface area (Å²) in [7, 11) is 0. The van der Waals surface area contributed by atoms with Crippen LogP contribution in [0.1, 0.15) is 26.2 Å². The summed E-state index contributed by atoms with van der Waals surface area (Å²) < 4.78 is 5.32. The van der Waals surface area contributed by atoms with Crippen molar-refractivity contribution in [3.05, 3.63) is 28.3 Å². The van der Waals surface area contributed by atoms with Gasteiger partial charge in [0.2, 0.25) is 0 Å². The Kier molecular flexibility index (Phi) is 5.17. The molecule has 0 saturated carbocycles. The molecule has 1 aliphatic heterocycles. The molecule has 0 bridgehead atoms. The molecule has 0 spiro atoms. The number of nitrogens with one attached hydrogen (secondary N) is 2. The van der Waals surface area contributed by atoms with Gasteiger partial charge in [0, 0.05) is 12.6 Å². The lowest BCUT2D eigenvalue weighted by molar-refractivity contribution is -0.384. The molecule has 1 heterocycles. The maximum atomic E-state index is 11.2. The van der Waals surface area contributed by atoms with Crippen molar-refractivity contribution in [2.75, 3.05) is 25.0 Å². The lowest BCUT2D eigenvalue weighted by Crippen LogP contribution is -2.24. The zero-order chi connectivity index (χ0) is 14.4. The van der Waals surface area contributed by atoms with Gasteiger partial charge in [0.15, 0.2) is 5.75 Å². The third-order valence-electron chi connectivity index (χ3n) is 3.45. The van der Waals surface area contributed by atoms with Gasteiger partial charge in [-0.1, -0.05) is 6.07 Å². The van der Waals surface area contributed by atoms with Crippen molar-refractivity contribution < 1.29 is 9.66 Å².